The lowest BCUT2D eigenvalue weighted by Gasteiger charge is -2.23. The molecule has 0 amide bonds. The van der Waals surface area contributed by atoms with E-state index >= 15 is 0 Å². The standard InChI is InChI=1S/C21H21ClN2O3S/c22-17-4-6-18(7-5-17)28(25,26)19-12-16-2-1-3-20(21(16)24-14-19)23-13-15-8-10-27-11-9-15/h1-7,12,14-15,23H,8-11,13H2. The minimum Gasteiger partial charge on any atom is -0.383 e. The maximum Gasteiger partial charge on any atom is 0.208 e. The molecule has 0 unspecified atom stereocenters. The predicted molar refractivity (Wildman–Crippen MR) is 111 cm³/mol. The number of sulfone groups is 1. The molecule has 5 nitrogen and oxygen atoms in total. The van der Waals surface area contributed by atoms with E-state index in [1.165, 1.54) is 18.3 Å². The number of nitrogens with one attached hydrogen (secondary N) is 1. The minimum atomic E-state index is -3.64. The zero-order chi connectivity index (χ0) is 19.6. The number of hydrogen-bond donors (Lipinski definition) is 1. The molecule has 1 aromatic heterocycles. The van der Waals surface area contributed by atoms with Crippen LogP contribution in [0, 0.1) is 5.92 Å². The number of pyridine rings is 1. The second-order valence-electron chi connectivity index (χ2n) is 6.94. The Labute approximate surface area is 169 Å². The molecule has 1 aliphatic rings. The minimum absolute atomic E-state index is 0.170. The molecule has 0 aliphatic carbocycles. The fourth-order valence-corrected chi connectivity index (χ4v) is 4.75. The summed E-state index contributed by atoms with van der Waals surface area (Å²) in [4.78, 5) is 4.83. The Morgan fingerprint density at radius 2 is 1.82 bits per heavy atom. The number of aromatic nitrogens is 1. The summed E-state index contributed by atoms with van der Waals surface area (Å²) >= 11 is 5.87. The summed E-state index contributed by atoms with van der Waals surface area (Å²) in [5.41, 5.74) is 1.68. The van der Waals surface area contributed by atoms with Crippen LogP contribution in [0.1, 0.15) is 12.8 Å². The molecule has 0 bridgehead atoms. The lowest BCUT2D eigenvalue weighted by Crippen LogP contribution is -2.22. The number of ether oxygens (including phenoxy) is 1. The normalized spacial score (nSPS) is 15.6. The highest BCUT2D eigenvalue weighted by atomic mass is 35.5. The Hall–Kier alpha value is -2.15. The second kappa shape index (κ2) is 8.07. The lowest BCUT2D eigenvalue weighted by molar-refractivity contribution is 0.0699. The molecule has 2 aromatic carbocycles. The van der Waals surface area contributed by atoms with Crippen LogP contribution in [0.25, 0.3) is 10.9 Å². The van der Waals surface area contributed by atoms with Crippen LogP contribution >= 0.6 is 11.6 Å². The molecule has 0 saturated carbocycles. The van der Waals surface area contributed by atoms with Gasteiger partial charge < -0.3 is 10.1 Å². The predicted octanol–water partition coefficient (Wildman–Crippen LogP) is 4.56. The summed E-state index contributed by atoms with van der Waals surface area (Å²) in [5, 5.41) is 4.75. The average molecular weight is 417 g/mol. The lowest BCUT2D eigenvalue weighted by atomic mass is 10.0. The van der Waals surface area contributed by atoms with E-state index in [0.717, 1.165) is 49.2 Å². The molecule has 1 aliphatic heterocycles. The first-order chi connectivity index (χ1) is 13.5. The molecule has 4 rings (SSSR count). The number of fused-ring (bicyclic) bond motifs is 1. The van der Waals surface area contributed by atoms with Crippen LogP contribution in [0.15, 0.2) is 64.5 Å². The van der Waals surface area contributed by atoms with Gasteiger partial charge in [0.25, 0.3) is 0 Å². The van der Waals surface area contributed by atoms with Crippen LogP contribution in [0.3, 0.4) is 0 Å². The van der Waals surface area contributed by atoms with Gasteiger partial charge in [0.2, 0.25) is 9.84 Å². The van der Waals surface area contributed by atoms with Crippen molar-refractivity contribution < 1.29 is 13.2 Å². The van der Waals surface area contributed by atoms with Gasteiger partial charge in [-0.1, -0.05) is 23.7 Å². The number of rotatable bonds is 5. The summed E-state index contributed by atoms with van der Waals surface area (Å²) in [6, 6.07) is 13.6. The molecule has 146 valence electrons. The van der Waals surface area contributed by atoms with E-state index < -0.39 is 9.84 Å². The van der Waals surface area contributed by atoms with Gasteiger partial charge in [-0.05, 0) is 55.2 Å². The van der Waals surface area contributed by atoms with Gasteiger partial charge in [0.15, 0.2) is 0 Å². The average Bonchev–Trinajstić information content (AvgIpc) is 2.73. The number of benzene rings is 2. The molecule has 0 radical (unpaired) electrons. The fourth-order valence-electron chi connectivity index (χ4n) is 3.38. The van der Waals surface area contributed by atoms with E-state index in [4.69, 9.17) is 16.3 Å². The monoisotopic (exact) mass is 416 g/mol. The number of para-hydroxylation sites is 1. The molecule has 0 spiro atoms. The summed E-state index contributed by atoms with van der Waals surface area (Å²) in [7, 11) is -3.64. The molecule has 2 heterocycles. The van der Waals surface area contributed by atoms with E-state index in [1.54, 1.807) is 18.2 Å². The van der Waals surface area contributed by atoms with Gasteiger partial charge in [-0.2, -0.15) is 0 Å². The summed E-state index contributed by atoms with van der Waals surface area (Å²) in [6.07, 6.45) is 3.52. The molecular weight excluding hydrogens is 396 g/mol. The van der Waals surface area contributed by atoms with Crippen LogP contribution in [-0.4, -0.2) is 33.2 Å². The van der Waals surface area contributed by atoms with Crippen molar-refractivity contribution in [1.29, 1.82) is 0 Å². The van der Waals surface area contributed by atoms with E-state index in [1.807, 2.05) is 18.2 Å². The van der Waals surface area contributed by atoms with Crippen molar-refractivity contribution in [1.82, 2.24) is 4.98 Å². The van der Waals surface area contributed by atoms with Crippen molar-refractivity contribution in [3.63, 3.8) is 0 Å². The number of halogens is 1. The first-order valence-corrected chi connectivity index (χ1v) is 11.1. The molecule has 1 saturated heterocycles. The van der Waals surface area contributed by atoms with Gasteiger partial charge in [0.05, 0.1) is 21.0 Å². The summed E-state index contributed by atoms with van der Waals surface area (Å²) < 4.78 is 31.2. The van der Waals surface area contributed by atoms with Gasteiger partial charge in [0.1, 0.15) is 0 Å². The third kappa shape index (κ3) is 3.99. The third-order valence-electron chi connectivity index (χ3n) is 5.04. The van der Waals surface area contributed by atoms with Crippen molar-refractivity contribution in [2.75, 3.05) is 25.1 Å². The zero-order valence-corrected chi connectivity index (χ0v) is 16.8. The van der Waals surface area contributed by atoms with Gasteiger partial charge in [-0.3, -0.25) is 4.98 Å². The molecule has 0 atom stereocenters. The second-order valence-corrected chi connectivity index (χ2v) is 9.33. The van der Waals surface area contributed by atoms with E-state index in [2.05, 4.69) is 10.3 Å². The Balaban J connectivity index is 1.61. The van der Waals surface area contributed by atoms with Crippen molar-refractivity contribution in [2.24, 2.45) is 5.92 Å². The quantitative estimate of drug-likeness (QED) is 0.660. The maximum absolute atomic E-state index is 12.9. The van der Waals surface area contributed by atoms with E-state index in [-0.39, 0.29) is 9.79 Å². The molecule has 1 fully saturated rings. The van der Waals surface area contributed by atoms with Crippen LogP contribution in [0.2, 0.25) is 5.02 Å². The number of hydrogen-bond acceptors (Lipinski definition) is 5. The molecule has 7 heteroatoms. The fraction of sp³-hybridized carbons (Fsp3) is 0.286. The van der Waals surface area contributed by atoms with Gasteiger partial charge in [-0.25, -0.2) is 8.42 Å². The van der Waals surface area contributed by atoms with Gasteiger partial charge >= 0.3 is 0 Å². The van der Waals surface area contributed by atoms with Crippen molar-refractivity contribution in [3.8, 4) is 0 Å². The molecule has 1 N–H and O–H groups in total. The van der Waals surface area contributed by atoms with Crippen molar-refractivity contribution >= 4 is 38.0 Å². The van der Waals surface area contributed by atoms with Gasteiger partial charge in [0, 0.05) is 36.4 Å². The van der Waals surface area contributed by atoms with Crippen LogP contribution in [0.4, 0.5) is 5.69 Å². The maximum atomic E-state index is 12.9. The first kappa shape index (κ1) is 19.2. The van der Waals surface area contributed by atoms with Crippen LogP contribution in [0.5, 0.6) is 0 Å². The van der Waals surface area contributed by atoms with Crippen molar-refractivity contribution in [3.05, 3.63) is 59.8 Å². The first-order valence-electron chi connectivity index (χ1n) is 9.25. The Morgan fingerprint density at radius 3 is 2.57 bits per heavy atom. The Morgan fingerprint density at radius 1 is 1.07 bits per heavy atom. The molecule has 28 heavy (non-hydrogen) atoms. The highest BCUT2D eigenvalue weighted by Gasteiger charge is 2.19. The van der Waals surface area contributed by atoms with Crippen molar-refractivity contribution in [2.45, 2.75) is 22.6 Å². The summed E-state index contributed by atoms with van der Waals surface area (Å²) in [6.45, 7) is 2.48. The zero-order valence-electron chi connectivity index (χ0n) is 15.3. The highest BCUT2D eigenvalue weighted by Crippen LogP contribution is 2.28. The largest absolute Gasteiger partial charge is 0.383 e. The third-order valence-corrected chi connectivity index (χ3v) is 7.03. The van der Waals surface area contributed by atoms with Crippen LogP contribution in [-0.2, 0) is 14.6 Å². The number of nitrogens with zero attached hydrogens (tertiary/aromatic N) is 1. The topological polar surface area (TPSA) is 68.3 Å². The van der Waals surface area contributed by atoms with E-state index in [0.29, 0.717) is 10.9 Å². The Bertz CT molecular complexity index is 1080. The smallest absolute Gasteiger partial charge is 0.208 e. The molecular formula is C21H21ClN2O3S. The van der Waals surface area contributed by atoms with Gasteiger partial charge in [-0.15, -0.1) is 0 Å². The Kier molecular flexibility index (Phi) is 5.53. The van der Waals surface area contributed by atoms with Crippen LogP contribution < -0.4 is 5.32 Å². The summed E-state index contributed by atoms with van der Waals surface area (Å²) in [5.74, 6) is 0.577. The number of anilines is 1. The van der Waals surface area contributed by atoms with E-state index in [9.17, 15) is 8.42 Å². The SMILES string of the molecule is O=S(=O)(c1ccc(Cl)cc1)c1cnc2c(NCC3CCOCC3)cccc2c1. The molecule has 3 aromatic rings. The highest BCUT2D eigenvalue weighted by molar-refractivity contribution is 7.91.